The molecule has 0 saturated heterocycles. The minimum Gasteiger partial charge on any atom is -0.494 e. The van der Waals surface area contributed by atoms with Crippen molar-refractivity contribution in [2.45, 2.75) is 18.0 Å². The number of para-hydroxylation sites is 1. The Morgan fingerprint density at radius 1 is 1.29 bits per heavy atom. The molecule has 1 unspecified atom stereocenters. The van der Waals surface area contributed by atoms with Crippen molar-refractivity contribution in [2.24, 2.45) is 0 Å². The van der Waals surface area contributed by atoms with Crippen molar-refractivity contribution in [1.29, 1.82) is 0 Å². The van der Waals surface area contributed by atoms with Crippen LogP contribution in [0, 0.1) is 0 Å². The number of aromatic nitrogens is 1. The van der Waals surface area contributed by atoms with E-state index in [4.69, 9.17) is 16.3 Å². The van der Waals surface area contributed by atoms with Crippen molar-refractivity contribution in [3.05, 3.63) is 53.2 Å². The first-order valence-corrected chi connectivity index (χ1v) is 8.24. The SMILES string of the molecule is CCOc1ccccc1C(CSc1ccc(Cl)cn1)NC. The van der Waals surface area contributed by atoms with E-state index in [1.54, 1.807) is 18.0 Å². The predicted octanol–water partition coefficient (Wildman–Crippen LogP) is 4.19. The largest absolute Gasteiger partial charge is 0.494 e. The Bertz CT molecular complexity index is 562. The van der Waals surface area contributed by atoms with Gasteiger partial charge in [0.1, 0.15) is 5.75 Å². The Morgan fingerprint density at radius 3 is 2.76 bits per heavy atom. The zero-order valence-electron chi connectivity index (χ0n) is 12.2. The third-order valence-corrected chi connectivity index (χ3v) is 4.30. The van der Waals surface area contributed by atoms with Gasteiger partial charge in [-0.1, -0.05) is 29.8 Å². The molecule has 0 fully saturated rings. The van der Waals surface area contributed by atoms with E-state index in [9.17, 15) is 0 Å². The summed E-state index contributed by atoms with van der Waals surface area (Å²) in [6.45, 7) is 2.66. The van der Waals surface area contributed by atoms with Gasteiger partial charge in [-0.2, -0.15) is 0 Å². The van der Waals surface area contributed by atoms with Crippen LogP contribution in [0.3, 0.4) is 0 Å². The molecule has 0 aliphatic rings. The number of nitrogens with zero attached hydrogens (tertiary/aromatic N) is 1. The highest BCUT2D eigenvalue weighted by atomic mass is 35.5. The van der Waals surface area contributed by atoms with E-state index in [0.29, 0.717) is 11.6 Å². The van der Waals surface area contributed by atoms with Crippen LogP contribution in [-0.2, 0) is 0 Å². The van der Waals surface area contributed by atoms with Gasteiger partial charge in [0.2, 0.25) is 0 Å². The van der Waals surface area contributed by atoms with Crippen molar-refractivity contribution in [1.82, 2.24) is 10.3 Å². The van der Waals surface area contributed by atoms with Gasteiger partial charge < -0.3 is 10.1 Å². The number of rotatable bonds is 7. The van der Waals surface area contributed by atoms with E-state index >= 15 is 0 Å². The molecule has 5 heteroatoms. The molecule has 0 radical (unpaired) electrons. The topological polar surface area (TPSA) is 34.1 Å². The van der Waals surface area contributed by atoms with Crippen molar-refractivity contribution in [3.8, 4) is 5.75 Å². The number of hydrogen-bond acceptors (Lipinski definition) is 4. The first-order valence-electron chi connectivity index (χ1n) is 6.88. The summed E-state index contributed by atoms with van der Waals surface area (Å²) in [6, 6.07) is 12.1. The molecular weight excluding hydrogens is 304 g/mol. The number of ether oxygens (including phenoxy) is 1. The van der Waals surface area contributed by atoms with E-state index in [-0.39, 0.29) is 6.04 Å². The molecule has 1 N–H and O–H groups in total. The highest BCUT2D eigenvalue weighted by molar-refractivity contribution is 7.99. The summed E-state index contributed by atoms with van der Waals surface area (Å²) in [5.74, 6) is 1.80. The fourth-order valence-corrected chi connectivity index (χ4v) is 3.09. The summed E-state index contributed by atoms with van der Waals surface area (Å²) in [7, 11) is 1.96. The van der Waals surface area contributed by atoms with Gasteiger partial charge in [0, 0.05) is 23.6 Å². The summed E-state index contributed by atoms with van der Waals surface area (Å²) < 4.78 is 5.71. The van der Waals surface area contributed by atoms with Crippen LogP contribution in [-0.4, -0.2) is 24.4 Å². The molecule has 1 atom stereocenters. The lowest BCUT2D eigenvalue weighted by atomic mass is 10.1. The van der Waals surface area contributed by atoms with Gasteiger partial charge in [-0.3, -0.25) is 0 Å². The number of thioether (sulfide) groups is 1. The van der Waals surface area contributed by atoms with Gasteiger partial charge in [-0.05, 0) is 32.2 Å². The molecule has 0 saturated carbocycles. The summed E-state index contributed by atoms with van der Waals surface area (Å²) in [6.07, 6.45) is 1.67. The molecule has 112 valence electrons. The highest BCUT2D eigenvalue weighted by Crippen LogP contribution is 2.29. The summed E-state index contributed by atoms with van der Waals surface area (Å²) in [5, 5.41) is 4.97. The minimum absolute atomic E-state index is 0.204. The van der Waals surface area contributed by atoms with Crippen LogP contribution in [0.25, 0.3) is 0 Å². The number of hydrogen-bond donors (Lipinski definition) is 1. The highest BCUT2D eigenvalue weighted by Gasteiger charge is 2.14. The van der Waals surface area contributed by atoms with E-state index < -0.39 is 0 Å². The second-order valence-corrected chi connectivity index (χ2v) is 5.91. The van der Waals surface area contributed by atoms with Crippen molar-refractivity contribution in [2.75, 3.05) is 19.4 Å². The van der Waals surface area contributed by atoms with Gasteiger partial charge >= 0.3 is 0 Å². The quantitative estimate of drug-likeness (QED) is 0.775. The van der Waals surface area contributed by atoms with Crippen LogP contribution in [0.2, 0.25) is 5.02 Å². The average molecular weight is 323 g/mol. The van der Waals surface area contributed by atoms with Crippen LogP contribution in [0.15, 0.2) is 47.6 Å². The zero-order valence-corrected chi connectivity index (χ0v) is 13.7. The molecule has 0 amide bonds. The molecule has 0 bridgehead atoms. The number of benzene rings is 1. The lowest BCUT2D eigenvalue weighted by Gasteiger charge is -2.19. The van der Waals surface area contributed by atoms with Crippen molar-refractivity contribution in [3.63, 3.8) is 0 Å². The number of pyridine rings is 1. The van der Waals surface area contributed by atoms with Gasteiger partial charge in [0.25, 0.3) is 0 Å². The van der Waals surface area contributed by atoms with Crippen LogP contribution in [0.4, 0.5) is 0 Å². The molecule has 21 heavy (non-hydrogen) atoms. The Hall–Kier alpha value is -1.23. The van der Waals surface area contributed by atoms with E-state index in [1.807, 2.05) is 44.3 Å². The first-order chi connectivity index (χ1) is 10.2. The van der Waals surface area contributed by atoms with Gasteiger partial charge in [0.15, 0.2) is 0 Å². The van der Waals surface area contributed by atoms with Gasteiger partial charge in [0.05, 0.1) is 16.7 Å². The Morgan fingerprint density at radius 2 is 2.10 bits per heavy atom. The molecule has 0 spiro atoms. The smallest absolute Gasteiger partial charge is 0.124 e. The number of nitrogens with one attached hydrogen (secondary N) is 1. The Labute approximate surface area is 135 Å². The molecule has 1 aromatic heterocycles. The van der Waals surface area contributed by atoms with Crippen molar-refractivity contribution >= 4 is 23.4 Å². The lowest BCUT2D eigenvalue weighted by molar-refractivity contribution is 0.333. The van der Waals surface area contributed by atoms with Crippen molar-refractivity contribution < 1.29 is 4.74 Å². The molecule has 3 nitrogen and oxygen atoms in total. The molecule has 0 aliphatic heterocycles. The maximum atomic E-state index is 5.85. The molecule has 1 aromatic carbocycles. The average Bonchev–Trinajstić information content (AvgIpc) is 2.51. The predicted molar refractivity (Wildman–Crippen MR) is 89.4 cm³/mol. The summed E-state index contributed by atoms with van der Waals surface area (Å²) in [5.41, 5.74) is 1.17. The van der Waals surface area contributed by atoms with E-state index in [1.165, 1.54) is 5.56 Å². The van der Waals surface area contributed by atoms with Gasteiger partial charge in [-0.15, -0.1) is 11.8 Å². The monoisotopic (exact) mass is 322 g/mol. The lowest BCUT2D eigenvalue weighted by Crippen LogP contribution is -2.19. The maximum absolute atomic E-state index is 5.85. The second-order valence-electron chi connectivity index (χ2n) is 4.44. The maximum Gasteiger partial charge on any atom is 0.124 e. The van der Waals surface area contributed by atoms with Crippen LogP contribution in [0.5, 0.6) is 5.75 Å². The first kappa shape index (κ1) is 16.1. The summed E-state index contributed by atoms with van der Waals surface area (Å²) in [4.78, 5) is 4.31. The molecule has 1 heterocycles. The fraction of sp³-hybridized carbons (Fsp3) is 0.312. The zero-order chi connectivity index (χ0) is 15.1. The Kier molecular flexibility index (Phi) is 6.36. The molecule has 0 aliphatic carbocycles. The van der Waals surface area contributed by atoms with Crippen LogP contribution < -0.4 is 10.1 Å². The molecular formula is C16H19ClN2OS. The van der Waals surface area contributed by atoms with E-state index in [0.717, 1.165) is 16.5 Å². The third-order valence-electron chi connectivity index (χ3n) is 3.04. The number of halogens is 1. The molecule has 2 aromatic rings. The summed E-state index contributed by atoms with van der Waals surface area (Å²) >= 11 is 7.55. The molecule has 2 rings (SSSR count). The van der Waals surface area contributed by atoms with Gasteiger partial charge in [-0.25, -0.2) is 4.98 Å². The minimum atomic E-state index is 0.204. The standard InChI is InChI=1S/C16H19ClN2OS/c1-3-20-15-7-5-4-6-13(15)14(18-2)11-21-16-9-8-12(17)10-19-16/h4-10,14,18H,3,11H2,1-2H3. The van der Waals surface area contributed by atoms with Crippen LogP contribution >= 0.6 is 23.4 Å². The van der Waals surface area contributed by atoms with E-state index in [2.05, 4.69) is 16.4 Å². The second kappa shape index (κ2) is 8.27. The normalized spacial score (nSPS) is 12.1. The third kappa shape index (κ3) is 4.63. The Balaban J connectivity index is 2.07. The van der Waals surface area contributed by atoms with Crippen LogP contribution in [0.1, 0.15) is 18.5 Å². The fourth-order valence-electron chi connectivity index (χ4n) is 2.00.